The Kier molecular flexibility index (Phi) is 7.88. The van der Waals surface area contributed by atoms with Crippen molar-refractivity contribution >= 4 is 17.7 Å². The van der Waals surface area contributed by atoms with Gasteiger partial charge in [-0.2, -0.15) is 0 Å². The van der Waals surface area contributed by atoms with Crippen LogP contribution in [0, 0.1) is 0 Å². The number of ether oxygens (including phenoxy) is 3. The van der Waals surface area contributed by atoms with Gasteiger partial charge in [0.1, 0.15) is 0 Å². The number of morpholine rings is 1. The molecule has 1 aliphatic rings. The number of nitrogens with one attached hydrogen (secondary N) is 1. The quantitative estimate of drug-likeness (QED) is 0.668. The molecule has 0 saturated carbocycles. The minimum atomic E-state index is -0.183. The van der Waals surface area contributed by atoms with Crippen molar-refractivity contribution in [2.45, 2.75) is 26.5 Å². The Balaban J connectivity index is 1.55. The van der Waals surface area contributed by atoms with Crippen LogP contribution in [0.1, 0.15) is 25.0 Å². The van der Waals surface area contributed by atoms with Crippen LogP contribution in [0.4, 0.5) is 5.69 Å². The van der Waals surface area contributed by atoms with E-state index < -0.39 is 0 Å². The fourth-order valence-electron chi connectivity index (χ4n) is 3.21. The van der Waals surface area contributed by atoms with E-state index in [9.17, 15) is 4.79 Å². The van der Waals surface area contributed by atoms with E-state index in [0.717, 1.165) is 44.1 Å². The second-order valence-electron chi connectivity index (χ2n) is 7.48. The van der Waals surface area contributed by atoms with Crippen LogP contribution >= 0.6 is 0 Å². The van der Waals surface area contributed by atoms with Gasteiger partial charge in [0.25, 0.3) is 0 Å². The third kappa shape index (κ3) is 6.61. The highest BCUT2D eigenvalue weighted by Gasteiger charge is 2.10. The highest BCUT2D eigenvalue weighted by atomic mass is 16.5. The van der Waals surface area contributed by atoms with Crippen molar-refractivity contribution in [3.05, 3.63) is 59.7 Å². The van der Waals surface area contributed by atoms with Crippen LogP contribution in [0.5, 0.6) is 11.5 Å². The molecule has 6 nitrogen and oxygen atoms in total. The van der Waals surface area contributed by atoms with Gasteiger partial charge in [0.15, 0.2) is 11.5 Å². The van der Waals surface area contributed by atoms with Gasteiger partial charge in [0.05, 0.1) is 26.4 Å². The molecule has 1 heterocycles. The van der Waals surface area contributed by atoms with E-state index in [0.29, 0.717) is 11.5 Å². The Morgan fingerprint density at radius 3 is 2.53 bits per heavy atom. The third-order valence-corrected chi connectivity index (χ3v) is 4.71. The second-order valence-corrected chi connectivity index (χ2v) is 7.48. The molecule has 1 amide bonds. The summed E-state index contributed by atoms with van der Waals surface area (Å²) in [4.78, 5) is 14.6. The molecule has 1 aliphatic heterocycles. The van der Waals surface area contributed by atoms with Crippen LogP contribution in [0.2, 0.25) is 0 Å². The maximum absolute atomic E-state index is 12.3. The maximum Gasteiger partial charge on any atom is 0.248 e. The number of carbonyl (C=O) groups is 1. The zero-order chi connectivity index (χ0) is 21.3. The molecule has 0 radical (unpaired) electrons. The monoisotopic (exact) mass is 410 g/mol. The van der Waals surface area contributed by atoms with Gasteiger partial charge in [-0.25, -0.2) is 0 Å². The Morgan fingerprint density at radius 1 is 1.13 bits per heavy atom. The van der Waals surface area contributed by atoms with Crippen molar-refractivity contribution in [3.8, 4) is 11.5 Å². The molecule has 160 valence electrons. The minimum Gasteiger partial charge on any atom is -0.493 e. The summed E-state index contributed by atoms with van der Waals surface area (Å²) in [6.45, 7) is 8.33. The van der Waals surface area contributed by atoms with Gasteiger partial charge < -0.3 is 19.5 Å². The molecule has 0 bridgehead atoms. The normalized spacial score (nSPS) is 14.8. The van der Waals surface area contributed by atoms with Crippen LogP contribution in [-0.4, -0.2) is 50.3 Å². The van der Waals surface area contributed by atoms with Gasteiger partial charge in [0.2, 0.25) is 5.91 Å². The number of methoxy groups -OCH3 is 1. The lowest BCUT2D eigenvalue weighted by Gasteiger charge is -2.26. The summed E-state index contributed by atoms with van der Waals surface area (Å²) in [6.07, 6.45) is 3.33. The first-order valence-electron chi connectivity index (χ1n) is 10.3. The lowest BCUT2D eigenvalue weighted by molar-refractivity contribution is -0.111. The predicted molar refractivity (Wildman–Crippen MR) is 119 cm³/mol. The Hall–Kier alpha value is -2.83. The summed E-state index contributed by atoms with van der Waals surface area (Å²) in [5, 5.41) is 2.89. The van der Waals surface area contributed by atoms with E-state index in [-0.39, 0.29) is 12.0 Å². The van der Waals surface area contributed by atoms with Crippen molar-refractivity contribution in [1.82, 2.24) is 4.90 Å². The van der Waals surface area contributed by atoms with Crippen LogP contribution in [0.15, 0.2) is 48.5 Å². The molecular formula is C24H30N2O4. The zero-order valence-corrected chi connectivity index (χ0v) is 17.9. The lowest BCUT2D eigenvalue weighted by Crippen LogP contribution is -2.35. The molecule has 0 unspecified atom stereocenters. The van der Waals surface area contributed by atoms with Crippen molar-refractivity contribution in [3.63, 3.8) is 0 Å². The summed E-state index contributed by atoms with van der Waals surface area (Å²) < 4.78 is 16.5. The summed E-state index contributed by atoms with van der Waals surface area (Å²) >= 11 is 0. The number of hydrogen-bond donors (Lipinski definition) is 1. The SMILES string of the molecule is COc1cc(/C=C/C(=O)Nc2ccc(CN3CCOCC3)cc2)ccc1OC(C)C. The molecular weight excluding hydrogens is 380 g/mol. The molecule has 0 aliphatic carbocycles. The molecule has 1 N–H and O–H groups in total. The summed E-state index contributed by atoms with van der Waals surface area (Å²) in [5.74, 6) is 1.14. The molecule has 0 atom stereocenters. The standard InChI is InChI=1S/C24H30N2O4/c1-18(2)30-22-10-6-19(16-23(22)28-3)7-11-24(27)25-21-8-4-20(5-9-21)17-26-12-14-29-15-13-26/h4-11,16,18H,12-15,17H2,1-3H3,(H,25,27)/b11-7+. The number of amides is 1. The zero-order valence-electron chi connectivity index (χ0n) is 17.9. The number of carbonyl (C=O) groups excluding carboxylic acids is 1. The Bertz CT molecular complexity index is 856. The molecule has 30 heavy (non-hydrogen) atoms. The molecule has 2 aromatic rings. The van der Waals surface area contributed by atoms with Gasteiger partial charge in [-0.1, -0.05) is 18.2 Å². The average molecular weight is 411 g/mol. The second kappa shape index (κ2) is 10.8. The molecule has 6 heteroatoms. The predicted octanol–water partition coefficient (Wildman–Crippen LogP) is 3.97. The first-order valence-corrected chi connectivity index (χ1v) is 10.3. The molecule has 0 aromatic heterocycles. The van der Waals surface area contributed by atoms with Gasteiger partial charge in [0, 0.05) is 31.4 Å². The van der Waals surface area contributed by atoms with E-state index in [4.69, 9.17) is 14.2 Å². The lowest BCUT2D eigenvalue weighted by atomic mass is 10.1. The van der Waals surface area contributed by atoms with Crippen molar-refractivity contribution in [2.24, 2.45) is 0 Å². The molecule has 3 rings (SSSR count). The van der Waals surface area contributed by atoms with Gasteiger partial charge in [-0.05, 0) is 55.3 Å². The fraction of sp³-hybridized carbons (Fsp3) is 0.375. The van der Waals surface area contributed by atoms with E-state index in [1.54, 1.807) is 13.2 Å². The summed E-state index contributed by atoms with van der Waals surface area (Å²) in [7, 11) is 1.60. The van der Waals surface area contributed by atoms with E-state index >= 15 is 0 Å². The largest absolute Gasteiger partial charge is 0.493 e. The Morgan fingerprint density at radius 2 is 1.87 bits per heavy atom. The summed E-state index contributed by atoms with van der Waals surface area (Å²) in [6, 6.07) is 13.6. The molecule has 1 fully saturated rings. The van der Waals surface area contributed by atoms with E-state index in [2.05, 4.69) is 10.2 Å². The van der Waals surface area contributed by atoms with E-state index in [1.807, 2.05) is 56.3 Å². The minimum absolute atomic E-state index is 0.0614. The Labute approximate surface area is 178 Å². The van der Waals surface area contributed by atoms with Crippen LogP contribution in [0.3, 0.4) is 0 Å². The van der Waals surface area contributed by atoms with Gasteiger partial charge >= 0.3 is 0 Å². The average Bonchev–Trinajstić information content (AvgIpc) is 2.75. The van der Waals surface area contributed by atoms with Crippen molar-refractivity contribution in [2.75, 3.05) is 38.7 Å². The molecule has 0 spiro atoms. The van der Waals surface area contributed by atoms with Crippen LogP contribution in [-0.2, 0) is 16.1 Å². The van der Waals surface area contributed by atoms with Crippen molar-refractivity contribution < 1.29 is 19.0 Å². The van der Waals surface area contributed by atoms with Crippen LogP contribution in [0.25, 0.3) is 6.08 Å². The van der Waals surface area contributed by atoms with Crippen molar-refractivity contribution in [1.29, 1.82) is 0 Å². The number of rotatable bonds is 8. The fourth-order valence-corrected chi connectivity index (χ4v) is 3.21. The van der Waals surface area contributed by atoms with Gasteiger partial charge in [-0.3, -0.25) is 9.69 Å². The topological polar surface area (TPSA) is 60.0 Å². The highest BCUT2D eigenvalue weighted by Crippen LogP contribution is 2.29. The number of anilines is 1. The van der Waals surface area contributed by atoms with Crippen LogP contribution < -0.4 is 14.8 Å². The number of benzene rings is 2. The number of nitrogens with zero attached hydrogens (tertiary/aromatic N) is 1. The van der Waals surface area contributed by atoms with E-state index in [1.165, 1.54) is 11.6 Å². The first-order chi connectivity index (χ1) is 14.5. The van der Waals surface area contributed by atoms with Gasteiger partial charge in [-0.15, -0.1) is 0 Å². The first kappa shape index (κ1) is 21.9. The molecule has 1 saturated heterocycles. The maximum atomic E-state index is 12.3. The smallest absolute Gasteiger partial charge is 0.248 e. The third-order valence-electron chi connectivity index (χ3n) is 4.71. The number of hydrogen-bond acceptors (Lipinski definition) is 5. The molecule has 2 aromatic carbocycles. The highest BCUT2D eigenvalue weighted by molar-refractivity contribution is 6.01. The summed E-state index contributed by atoms with van der Waals surface area (Å²) in [5.41, 5.74) is 2.86.